The highest BCUT2D eigenvalue weighted by Gasteiger charge is 2.28. The second-order valence-electron chi connectivity index (χ2n) is 6.38. The molecule has 0 bridgehead atoms. The lowest BCUT2D eigenvalue weighted by Gasteiger charge is -2.31. The Bertz CT molecular complexity index is 272. The molecule has 2 rings (SSSR count). The number of aliphatic hydroxyl groups is 1. The van der Waals surface area contributed by atoms with E-state index in [1.807, 2.05) is 0 Å². The molecule has 0 spiro atoms. The van der Waals surface area contributed by atoms with Gasteiger partial charge in [-0.3, -0.25) is 4.79 Å². The lowest BCUT2D eigenvalue weighted by Crippen LogP contribution is -2.42. The summed E-state index contributed by atoms with van der Waals surface area (Å²) in [6, 6.07) is 0.359. The van der Waals surface area contributed by atoms with Gasteiger partial charge in [-0.25, -0.2) is 0 Å². The van der Waals surface area contributed by atoms with Gasteiger partial charge in [-0.05, 0) is 50.4 Å². The Kier molecular flexibility index (Phi) is 5.04. The predicted octanol–water partition coefficient (Wildman–Crippen LogP) is 2.48. The summed E-state index contributed by atoms with van der Waals surface area (Å²) >= 11 is 0. The van der Waals surface area contributed by atoms with Gasteiger partial charge in [-0.1, -0.05) is 19.8 Å². The van der Waals surface area contributed by atoms with Crippen molar-refractivity contribution in [2.45, 2.75) is 64.3 Å². The zero-order valence-corrected chi connectivity index (χ0v) is 11.5. The molecule has 1 amide bonds. The van der Waals surface area contributed by atoms with E-state index in [1.165, 1.54) is 12.8 Å². The molecule has 3 nitrogen and oxygen atoms in total. The Balaban J connectivity index is 1.74. The third-order valence-corrected chi connectivity index (χ3v) is 4.76. The summed E-state index contributed by atoms with van der Waals surface area (Å²) in [6.07, 6.45) is 8.82. The van der Waals surface area contributed by atoms with Crippen molar-refractivity contribution in [3.8, 4) is 0 Å². The topological polar surface area (TPSA) is 49.3 Å². The molecule has 104 valence electrons. The molecule has 0 heterocycles. The molecule has 3 heteroatoms. The second kappa shape index (κ2) is 6.55. The fourth-order valence-corrected chi connectivity index (χ4v) is 3.48. The van der Waals surface area contributed by atoms with Crippen LogP contribution in [0.25, 0.3) is 0 Å². The van der Waals surface area contributed by atoms with Crippen LogP contribution in [0.5, 0.6) is 0 Å². The number of hydrogen-bond donors (Lipinski definition) is 2. The Morgan fingerprint density at radius 1 is 1.17 bits per heavy atom. The lowest BCUT2D eigenvalue weighted by molar-refractivity contribution is -0.127. The van der Waals surface area contributed by atoms with Crippen molar-refractivity contribution in [2.75, 3.05) is 6.61 Å². The molecule has 0 saturated heterocycles. The van der Waals surface area contributed by atoms with Crippen LogP contribution in [0.4, 0.5) is 0 Å². The zero-order chi connectivity index (χ0) is 13.0. The fraction of sp³-hybridized carbons (Fsp3) is 0.933. The van der Waals surface area contributed by atoms with Gasteiger partial charge in [0.2, 0.25) is 5.91 Å². The van der Waals surface area contributed by atoms with Crippen LogP contribution < -0.4 is 5.32 Å². The molecule has 2 N–H and O–H groups in total. The predicted molar refractivity (Wildman–Crippen MR) is 72.1 cm³/mol. The van der Waals surface area contributed by atoms with Crippen molar-refractivity contribution in [3.63, 3.8) is 0 Å². The summed E-state index contributed by atoms with van der Waals surface area (Å²) in [6.45, 7) is 2.56. The molecule has 0 aliphatic heterocycles. The smallest absolute Gasteiger partial charge is 0.223 e. The van der Waals surface area contributed by atoms with Crippen molar-refractivity contribution in [1.82, 2.24) is 5.32 Å². The number of amides is 1. The molecular formula is C15H27NO2. The summed E-state index contributed by atoms with van der Waals surface area (Å²) < 4.78 is 0. The molecule has 18 heavy (non-hydrogen) atoms. The normalized spacial score (nSPS) is 37.2. The maximum atomic E-state index is 12.2. The van der Waals surface area contributed by atoms with E-state index in [0.29, 0.717) is 24.5 Å². The van der Waals surface area contributed by atoms with Crippen molar-refractivity contribution in [1.29, 1.82) is 0 Å². The Labute approximate surface area is 110 Å². The molecule has 0 aromatic carbocycles. The van der Waals surface area contributed by atoms with Crippen LogP contribution in [0.3, 0.4) is 0 Å². The lowest BCUT2D eigenvalue weighted by atomic mass is 9.81. The number of hydrogen-bond acceptors (Lipinski definition) is 2. The summed E-state index contributed by atoms with van der Waals surface area (Å²) in [5.41, 5.74) is 0. The fourth-order valence-electron chi connectivity index (χ4n) is 3.48. The first kappa shape index (κ1) is 13.9. The van der Waals surface area contributed by atoms with Crippen molar-refractivity contribution < 1.29 is 9.90 Å². The average Bonchev–Trinajstić information content (AvgIpc) is 2.39. The highest BCUT2D eigenvalue weighted by Crippen LogP contribution is 2.29. The van der Waals surface area contributed by atoms with E-state index in [2.05, 4.69) is 12.2 Å². The number of carbonyl (C=O) groups is 1. The van der Waals surface area contributed by atoms with Crippen LogP contribution >= 0.6 is 0 Å². The van der Waals surface area contributed by atoms with Crippen LogP contribution in [0.2, 0.25) is 0 Å². The number of carbonyl (C=O) groups excluding carboxylic acids is 1. The minimum atomic E-state index is 0.254. The first-order valence-electron chi connectivity index (χ1n) is 7.60. The molecule has 2 fully saturated rings. The molecule has 0 radical (unpaired) electrons. The van der Waals surface area contributed by atoms with Gasteiger partial charge < -0.3 is 10.4 Å². The van der Waals surface area contributed by atoms with E-state index < -0.39 is 0 Å². The van der Waals surface area contributed by atoms with Crippen LogP contribution in [0, 0.1) is 17.8 Å². The zero-order valence-electron chi connectivity index (χ0n) is 11.5. The van der Waals surface area contributed by atoms with Crippen molar-refractivity contribution in [2.24, 2.45) is 17.8 Å². The van der Waals surface area contributed by atoms with E-state index in [1.54, 1.807) is 0 Å². The van der Waals surface area contributed by atoms with Gasteiger partial charge in [0, 0.05) is 18.6 Å². The van der Waals surface area contributed by atoms with Gasteiger partial charge in [0.1, 0.15) is 0 Å². The number of rotatable bonds is 3. The number of nitrogens with one attached hydrogen (secondary N) is 1. The summed E-state index contributed by atoms with van der Waals surface area (Å²) in [7, 11) is 0. The Morgan fingerprint density at radius 3 is 2.50 bits per heavy atom. The van der Waals surface area contributed by atoms with Gasteiger partial charge in [0.05, 0.1) is 0 Å². The SMILES string of the molecule is CC1CCCC(C(=O)NC2CCC(CO)CC2)C1. The first-order valence-corrected chi connectivity index (χ1v) is 7.60. The molecule has 0 aromatic heterocycles. The molecule has 0 aromatic rings. The average molecular weight is 253 g/mol. The van der Waals surface area contributed by atoms with Gasteiger partial charge in [0.15, 0.2) is 0 Å². The van der Waals surface area contributed by atoms with Gasteiger partial charge >= 0.3 is 0 Å². The van der Waals surface area contributed by atoms with Crippen molar-refractivity contribution in [3.05, 3.63) is 0 Å². The molecule has 2 saturated carbocycles. The first-order chi connectivity index (χ1) is 8.69. The van der Waals surface area contributed by atoms with E-state index in [-0.39, 0.29) is 11.8 Å². The Morgan fingerprint density at radius 2 is 1.89 bits per heavy atom. The largest absolute Gasteiger partial charge is 0.396 e. The highest BCUT2D eigenvalue weighted by atomic mass is 16.3. The van der Waals surface area contributed by atoms with Crippen LogP contribution in [-0.4, -0.2) is 23.7 Å². The van der Waals surface area contributed by atoms with Gasteiger partial charge in [-0.2, -0.15) is 0 Å². The van der Waals surface area contributed by atoms with Crippen LogP contribution in [-0.2, 0) is 4.79 Å². The summed E-state index contributed by atoms with van der Waals surface area (Å²) in [5.74, 6) is 1.71. The van der Waals surface area contributed by atoms with E-state index >= 15 is 0 Å². The van der Waals surface area contributed by atoms with Crippen LogP contribution in [0.15, 0.2) is 0 Å². The molecule has 2 aliphatic rings. The van der Waals surface area contributed by atoms with Gasteiger partial charge in [0.25, 0.3) is 0 Å². The second-order valence-corrected chi connectivity index (χ2v) is 6.38. The molecular weight excluding hydrogens is 226 g/mol. The van der Waals surface area contributed by atoms with Crippen LogP contribution in [0.1, 0.15) is 58.3 Å². The molecule has 2 atom stereocenters. The van der Waals surface area contributed by atoms with Gasteiger partial charge in [-0.15, -0.1) is 0 Å². The maximum absolute atomic E-state index is 12.2. The Hall–Kier alpha value is -0.570. The quantitative estimate of drug-likeness (QED) is 0.812. The summed E-state index contributed by atoms with van der Waals surface area (Å²) in [4.78, 5) is 12.2. The standard InChI is InChI=1S/C15H27NO2/c1-11-3-2-4-13(9-11)15(18)16-14-7-5-12(10-17)6-8-14/h11-14,17H,2-10H2,1H3,(H,16,18). The molecule has 2 aliphatic carbocycles. The monoisotopic (exact) mass is 253 g/mol. The van der Waals surface area contributed by atoms with E-state index in [4.69, 9.17) is 5.11 Å². The highest BCUT2D eigenvalue weighted by molar-refractivity contribution is 5.79. The number of aliphatic hydroxyl groups excluding tert-OH is 1. The molecule has 2 unspecified atom stereocenters. The minimum absolute atomic E-state index is 0.254. The van der Waals surface area contributed by atoms with E-state index in [9.17, 15) is 4.79 Å². The third-order valence-electron chi connectivity index (χ3n) is 4.76. The summed E-state index contributed by atoms with van der Waals surface area (Å²) in [5, 5.41) is 12.3. The minimum Gasteiger partial charge on any atom is -0.396 e. The van der Waals surface area contributed by atoms with Crippen molar-refractivity contribution >= 4 is 5.91 Å². The van der Waals surface area contributed by atoms with E-state index in [0.717, 1.165) is 38.5 Å². The maximum Gasteiger partial charge on any atom is 0.223 e. The third kappa shape index (κ3) is 3.71.